The van der Waals surface area contributed by atoms with Crippen molar-refractivity contribution in [3.05, 3.63) is 82.9 Å². The van der Waals surface area contributed by atoms with Gasteiger partial charge in [-0.25, -0.2) is 18.4 Å². The summed E-state index contributed by atoms with van der Waals surface area (Å²) in [5.41, 5.74) is -0.446. The SMILES string of the molecule is C=CCCCc1ccc(C(F)(F)F)cc1CNC[C@@H](OC(=O)C(F)(F)F)[C@H](Cc1cc(F)cc(F)c1)NC(=O)O. The van der Waals surface area contributed by atoms with Crippen LogP contribution in [0.5, 0.6) is 0 Å². The van der Waals surface area contributed by atoms with Crippen LogP contribution < -0.4 is 10.6 Å². The molecule has 0 spiro atoms. The molecule has 6 nitrogen and oxygen atoms in total. The molecule has 0 saturated carbocycles. The smallest absolute Gasteiger partial charge is 0.465 e. The minimum atomic E-state index is -5.46. The zero-order chi connectivity index (χ0) is 30.1. The van der Waals surface area contributed by atoms with Crippen molar-refractivity contribution in [1.82, 2.24) is 10.6 Å². The molecule has 0 radical (unpaired) electrons. The van der Waals surface area contributed by atoms with Gasteiger partial charge in [-0.15, -0.1) is 6.58 Å². The quantitative estimate of drug-likeness (QED) is 0.118. The van der Waals surface area contributed by atoms with Crippen molar-refractivity contribution in [2.24, 2.45) is 0 Å². The highest BCUT2D eigenvalue weighted by Crippen LogP contribution is 2.31. The van der Waals surface area contributed by atoms with Gasteiger partial charge in [0.15, 0.2) is 0 Å². The molecule has 2 rings (SSSR count). The van der Waals surface area contributed by atoms with Gasteiger partial charge in [0.05, 0.1) is 11.6 Å². The summed E-state index contributed by atoms with van der Waals surface area (Å²) in [6, 6.07) is 3.55. The van der Waals surface area contributed by atoms with Gasteiger partial charge in [-0.3, -0.25) is 0 Å². The van der Waals surface area contributed by atoms with Crippen LogP contribution in [-0.4, -0.2) is 42.0 Å². The molecule has 2 aromatic carbocycles. The number of hydrogen-bond acceptors (Lipinski definition) is 4. The normalized spacial score (nSPS) is 13.4. The van der Waals surface area contributed by atoms with Crippen molar-refractivity contribution in [2.75, 3.05) is 6.54 Å². The Morgan fingerprint density at radius 2 is 1.65 bits per heavy atom. The van der Waals surface area contributed by atoms with Crippen LogP contribution in [0.3, 0.4) is 0 Å². The molecule has 0 heterocycles. The minimum Gasteiger partial charge on any atom is -0.465 e. The lowest BCUT2D eigenvalue weighted by Crippen LogP contribution is -2.51. The number of ether oxygens (including phenoxy) is 1. The van der Waals surface area contributed by atoms with Crippen molar-refractivity contribution in [2.45, 2.75) is 56.7 Å². The van der Waals surface area contributed by atoms with E-state index in [1.165, 1.54) is 6.07 Å². The Morgan fingerprint density at radius 3 is 2.20 bits per heavy atom. The van der Waals surface area contributed by atoms with Crippen LogP contribution >= 0.6 is 0 Å². The molecule has 0 aliphatic rings. The predicted octanol–water partition coefficient (Wildman–Crippen LogP) is 5.93. The zero-order valence-electron chi connectivity index (χ0n) is 20.8. The van der Waals surface area contributed by atoms with Gasteiger partial charge in [0.1, 0.15) is 17.7 Å². The van der Waals surface area contributed by atoms with Gasteiger partial charge >= 0.3 is 24.4 Å². The van der Waals surface area contributed by atoms with Crippen LogP contribution in [0.25, 0.3) is 0 Å². The molecule has 0 aliphatic carbocycles. The second-order valence-electron chi connectivity index (χ2n) is 8.77. The van der Waals surface area contributed by atoms with Crippen LogP contribution in [0.4, 0.5) is 39.9 Å². The number of halogens is 8. The Balaban J connectivity index is 2.34. The Hall–Kier alpha value is -3.68. The largest absolute Gasteiger partial charge is 0.490 e. The van der Waals surface area contributed by atoms with E-state index in [2.05, 4.69) is 16.6 Å². The summed E-state index contributed by atoms with van der Waals surface area (Å²) < 4.78 is 111. The van der Waals surface area contributed by atoms with E-state index in [1.54, 1.807) is 6.08 Å². The van der Waals surface area contributed by atoms with E-state index in [9.17, 15) is 49.8 Å². The molecule has 40 heavy (non-hydrogen) atoms. The molecular formula is C26H26F8N2O4. The highest BCUT2D eigenvalue weighted by Gasteiger charge is 2.43. The first-order valence-corrected chi connectivity index (χ1v) is 11.8. The van der Waals surface area contributed by atoms with Crippen molar-refractivity contribution < 1.29 is 54.6 Å². The number of alkyl halides is 6. The maximum Gasteiger partial charge on any atom is 0.490 e. The number of nitrogens with one attached hydrogen (secondary N) is 2. The monoisotopic (exact) mass is 582 g/mol. The summed E-state index contributed by atoms with van der Waals surface area (Å²) in [6.07, 6.45) is -11.2. The highest BCUT2D eigenvalue weighted by molar-refractivity contribution is 5.76. The molecule has 0 unspecified atom stereocenters. The molecule has 3 N–H and O–H groups in total. The Bertz CT molecular complexity index is 1160. The van der Waals surface area contributed by atoms with Gasteiger partial charge in [0.25, 0.3) is 0 Å². The maximum absolute atomic E-state index is 13.7. The Morgan fingerprint density at radius 1 is 1.00 bits per heavy atom. The molecule has 1 amide bonds. The standard InChI is InChI=1S/C26H26F8N2O4/c1-2-3-4-5-16-6-7-18(25(29,30)31)11-17(16)13-35-14-22(40-23(37)26(32,33)34)21(36-24(38)39)10-15-8-19(27)12-20(28)9-15/h2,6-9,11-12,21-22,35-36H,1,3-5,10,13-14H2,(H,38,39)/t21-,22+/m0/s1. The molecule has 0 saturated heterocycles. The summed E-state index contributed by atoms with van der Waals surface area (Å²) >= 11 is 0. The summed E-state index contributed by atoms with van der Waals surface area (Å²) in [6.45, 7) is 2.60. The number of unbranched alkanes of at least 4 members (excludes halogenated alkanes) is 1. The number of carboxylic acid groups (broad SMARTS) is 1. The topological polar surface area (TPSA) is 87.7 Å². The van der Waals surface area contributed by atoms with Crippen LogP contribution in [0.1, 0.15) is 35.1 Å². The molecule has 0 aromatic heterocycles. The van der Waals surface area contributed by atoms with E-state index in [-0.39, 0.29) is 17.7 Å². The molecule has 14 heteroatoms. The fourth-order valence-corrected chi connectivity index (χ4v) is 3.88. The van der Waals surface area contributed by atoms with Gasteiger partial charge < -0.3 is 20.5 Å². The zero-order valence-corrected chi connectivity index (χ0v) is 20.8. The Labute approximate surface area is 224 Å². The van der Waals surface area contributed by atoms with Gasteiger partial charge in [0.2, 0.25) is 0 Å². The van der Waals surface area contributed by atoms with Crippen molar-refractivity contribution in [1.29, 1.82) is 0 Å². The third-order valence-corrected chi connectivity index (χ3v) is 5.67. The lowest BCUT2D eigenvalue weighted by molar-refractivity contribution is -0.205. The van der Waals surface area contributed by atoms with E-state index in [1.807, 2.05) is 5.32 Å². The number of aryl methyl sites for hydroxylation is 1. The second kappa shape index (κ2) is 14.1. The number of esters is 1. The average molecular weight is 582 g/mol. The fraction of sp³-hybridized carbons (Fsp3) is 0.385. The fourth-order valence-electron chi connectivity index (χ4n) is 3.88. The highest BCUT2D eigenvalue weighted by atomic mass is 19.4. The van der Waals surface area contributed by atoms with Gasteiger partial charge in [-0.05, 0) is 66.6 Å². The molecule has 220 valence electrons. The first-order chi connectivity index (χ1) is 18.6. The van der Waals surface area contributed by atoms with Gasteiger partial charge in [-0.2, -0.15) is 26.3 Å². The maximum atomic E-state index is 13.7. The van der Waals surface area contributed by atoms with Crippen LogP contribution in [0, 0.1) is 11.6 Å². The van der Waals surface area contributed by atoms with E-state index in [0.717, 1.165) is 24.3 Å². The first-order valence-electron chi connectivity index (χ1n) is 11.8. The third-order valence-electron chi connectivity index (χ3n) is 5.67. The molecule has 2 aromatic rings. The first kappa shape index (κ1) is 32.5. The summed E-state index contributed by atoms with van der Waals surface area (Å²) in [7, 11) is 0. The summed E-state index contributed by atoms with van der Waals surface area (Å²) in [5.74, 6) is -4.75. The van der Waals surface area contributed by atoms with Crippen LogP contribution in [0.2, 0.25) is 0 Å². The lowest BCUT2D eigenvalue weighted by Gasteiger charge is -2.28. The van der Waals surface area contributed by atoms with Crippen LogP contribution in [-0.2, 0) is 35.1 Å². The number of carbonyl (C=O) groups excluding carboxylic acids is 1. The van der Waals surface area contributed by atoms with E-state index < -0.39 is 66.7 Å². The second-order valence-corrected chi connectivity index (χ2v) is 8.77. The van der Waals surface area contributed by atoms with Crippen molar-refractivity contribution >= 4 is 12.1 Å². The molecule has 2 atom stereocenters. The summed E-state index contributed by atoms with van der Waals surface area (Å²) in [4.78, 5) is 23.0. The number of amides is 1. The van der Waals surface area contributed by atoms with Crippen molar-refractivity contribution in [3.63, 3.8) is 0 Å². The average Bonchev–Trinajstić information content (AvgIpc) is 2.81. The third kappa shape index (κ3) is 10.5. The molecule has 0 bridgehead atoms. The predicted molar refractivity (Wildman–Crippen MR) is 127 cm³/mol. The van der Waals surface area contributed by atoms with Crippen molar-refractivity contribution in [3.8, 4) is 0 Å². The van der Waals surface area contributed by atoms with Crippen LogP contribution in [0.15, 0.2) is 49.1 Å². The van der Waals surface area contributed by atoms with Gasteiger partial charge in [0, 0.05) is 19.2 Å². The molecular weight excluding hydrogens is 556 g/mol. The molecule has 0 aliphatic heterocycles. The number of rotatable bonds is 13. The number of allylic oxidation sites excluding steroid dienone is 1. The number of benzene rings is 2. The number of hydrogen-bond donors (Lipinski definition) is 3. The lowest BCUT2D eigenvalue weighted by atomic mass is 9.98. The molecule has 0 fully saturated rings. The van der Waals surface area contributed by atoms with E-state index in [4.69, 9.17) is 0 Å². The summed E-state index contributed by atoms with van der Waals surface area (Å²) in [5, 5.41) is 13.7. The Kier molecular flexibility index (Phi) is 11.5. The number of carbonyl (C=O) groups is 2. The van der Waals surface area contributed by atoms with Gasteiger partial charge in [-0.1, -0.05) is 12.1 Å². The van der Waals surface area contributed by atoms with E-state index in [0.29, 0.717) is 30.9 Å². The minimum absolute atomic E-state index is 0.160. The van der Waals surface area contributed by atoms with E-state index >= 15 is 0 Å².